The van der Waals surface area contributed by atoms with Crippen LogP contribution in [0.4, 0.5) is 9.80 Å². The average Bonchev–Trinajstić information content (AvgIpc) is 2.78. The summed E-state index contributed by atoms with van der Waals surface area (Å²) in [5.41, 5.74) is -0.208. The Morgan fingerprint density at radius 3 is 2.65 bits per heavy atom. The van der Waals surface area contributed by atoms with E-state index in [-0.39, 0.29) is 16.7 Å². The summed E-state index contributed by atoms with van der Waals surface area (Å²) >= 11 is 0.870. The summed E-state index contributed by atoms with van der Waals surface area (Å²) in [4.78, 5) is 24.3. The number of aromatic carboxylic acids is 1. The van der Waals surface area contributed by atoms with Crippen molar-refractivity contribution in [2.45, 2.75) is 19.3 Å². The van der Waals surface area contributed by atoms with E-state index in [1.165, 1.54) is 0 Å². The van der Waals surface area contributed by atoms with Gasteiger partial charge in [-0.3, -0.25) is 5.32 Å². The number of likely N-dealkylation sites (tertiary alicyclic amines) is 1. The van der Waals surface area contributed by atoms with Gasteiger partial charge in [0, 0.05) is 24.6 Å². The lowest BCUT2D eigenvalue weighted by Gasteiger charge is -2.26. The first-order chi connectivity index (χ1) is 8.18. The lowest BCUT2D eigenvalue weighted by molar-refractivity contribution is 0.0691. The molecule has 7 nitrogen and oxygen atoms in total. The van der Waals surface area contributed by atoms with Crippen molar-refractivity contribution in [2.75, 3.05) is 18.4 Å². The quantitative estimate of drug-likeness (QED) is 0.830. The van der Waals surface area contributed by atoms with Crippen LogP contribution in [0, 0.1) is 0 Å². The van der Waals surface area contributed by atoms with Crippen molar-refractivity contribution in [3.63, 3.8) is 0 Å². The van der Waals surface area contributed by atoms with Gasteiger partial charge in [0.1, 0.15) is 0 Å². The number of carbonyl (C=O) groups excluding carboxylic acids is 1. The molecule has 0 unspecified atom stereocenters. The van der Waals surface area contributed by atoms with Gasteiger partial charge < -0.3 is 10.0 Å². The van der Waals surface area contributed by atoms with Crippen molar-refractivity contribution < 1.29 is 14.7 Å². The topological polar surface area (TPSA) is 95.4 Å². The highest BCUT2D eigenvalue weighted by molar-refractivity contribution is 7.10. The van der Waals surface area contributed by atoms with Crippen LogP contribution in [0.25, 0.3) is 0 Å². The summed E-state index contributed by atoms with van der Waals surface area (Å²) in [6, 6.07) is -0.279. The van der Waals surface area contributed by atoms with Gasteiger partial charge in [0.05, 0.1) is 0 Å². The highest BCUT2D eigenvalue weighted by Crippen LogP contribution is 2.19. The molecule has 1 aromatic heterocycles. The molecule has 0 radical (unpaired) electrons. The summed E-state index contributed by atoms with van der Waals surface area (Å²) in [5, 5.41) is 15.0. The second-order valence-electron chi connectivity index (χ2n) is 3.73. The molecule has 0 aromatic carbocycles. The maximum atomic E-state index is 11.8. The first-order valence-electron chi connectivity index (χ1n) is 5.30. The van der Waals surface area contributed by atoms with Crippen LogP contribution < -0.4 is 5.32 Å². The lowest BCUT2D eigenvalue weighted by Crippen LogP contribution is -2.38. The molecular weight excluding hydrogens is 244 g/mol. The number of aromatic nitrogens is 2. The normalized spacial score (nSPS) is 15.6. The zero-order valence-electron chi connectivity index (χ0n) is 9.05. The molecule has 2 heterocycles. The number of anilines is 1. The van der Waals surface area contributed by atoms with E-state index >= 15 is 0 Å². The molecule has 1 aromatic rings. The second-order valence-corrected chi connectivity index (χ2v) is 4.49. The molecule has 1 aliphatic rings. The third-order valence-corrected chi connectivity index (χ3v) is 3.20. The van der Waals surface area contributed by atoms with Crippen LogP contribution in [0.2, 0.25) is 0 Å². The maximum Gasteiger partial charge on any atom is 0.359 e. The van der Waals surface area contributed by atoms with Gasteiger partial charge in [0.2, 0.25) is 5.69 Å². The number of carboxylic acid groups (broad SMARTS) is 1. The van der Waals surface area contributed by atoms with E-state index in [1.54, 1.807) is 4.90 Å². The Bertz CT molecular complexity index is 428. The van der Waals surface area contributed by atoms with Crippen LogP contribution in [0.15, 0.2) is 0 Å². The van der Waals surface area contributed by atoms with Crippen molar-refractivity contribution in [1.29, 1.82) is 0 Å². The fourth-order valence-electron chi connectivity index (χ4n) is 1.69. The van der Waals surface area contributed by atoms with Crippen molar-refractivity contribution in [1.82, 2.24) is 14.5 Å². The molecule has 2 N–H and O–H groups in total. The van der Waals surface area contributed by atoms with Gasteiger partial charge in [-0.2, -0.15) is 0 Å². The minimum Gasteiger partial charge on any atom is -0.476 e. The Morgan fingerprint density at radius 1 is 1.29 bits per heavy atom. The van der Waals surface area contributed by atoms with Crippen LogP contribution in [0.5, 0.6) is 0 Å². The minimum atomic E-state index is -1.19. The summed E-state index contributed by atoms with van der Waals surface area (Å²) in [7, 11) is 0. The highest BCUT2D eigenvalue weighted by atomic mass is 32.1. The molecule has 1 aliphatic heterocycles. The second kappa shape index (κ2) is 5.09. The minimum absolute atomic E-state index is 0.188. The third-order valence-electron chi connectivity index (χ3n) is 2.55. The fourth-order valence-corrected chi connectivity index (χ4v) is 2.24. The summed E-state index contributed by atoms with van der Waals surface area (Å²) in [5.74, 6) is -1.19. The third kappa shape index (κ3) is 2.70. The molecule has 2 amide bonds. The largest absolute Gasteiger partial charge is 0.476 e. The van der Waals surface area contributed by atoms with E-state index < -0.39 is 5.97 Å². The molecule has 8 heteroatoms. The molecule has 17 heavy (non-hydrogen) atoms. The van der Waals surface area contributed by atoms with E-state index in [2.05, 4.69) is 14.9 Å². The standard InChI is InChI=1S/C9H12N4O3S/c14-8(15)6-7(17-12-11-6)10-9(16)13-4-2-1-3-5-13/h1-5H2,(H,10,16)(H,14,15). The lowest BCUT2D eigenvalue weighted by atomic mass is 10.1. The highest BCUT2D eigenvalue weighted by Gasteiger charge is 2.21. The van der Waals surface area contributed by atoms with Gasteiger partial charge in [0.15, 0.2) is 5.00 Å². The number of rotatable bonds is 2. The van der Waals surface area contributed by atoms with Gasteiger partial charge in [-0.15, -0.1) is 5.10 Å². The summed E-state index contributed by atoms with van der Waals surface area (Å²) in [6.45, 7) is 1.42. The Morgan fingerprint density at radius 2 is 2.00 bits per heavy atom. The van der Waals surface area contributed by atoms with Crippen LogP contribution in [0.1, 0.15) is 29.8 Å². The van der Waals surface area contributed by atoms with Crippen LogP contribution in [-0.2, 0) is 0 Å². The van der Waals surface area contributed by atoms with Crippen molar-refractivity contribution >= 4 is 28.5 Å². The van der Waals surface area contributed by atoms with E-state index in [0.717, 1.165) is 30.8 Å². The zero-order valence-corrected chi connectivity index (χ0v) is 9.87. The molecule has 0 atom stereocenters. The molecule has 0 saturated carbocycles. The number of hydrogen-bond acceptors (Lipinski definition) is 5. The number of carbonyl (C=O) groups is 2. The predicted octanol–water partition coefficient (Wildman–Crippen LogP) is 1.25. The monoisotopic (exact) mass is 256 g/mol. The molecule has 0 aliphatic carbocycles. The van der Waals surface area contributed by atoms with Crippen molar-refractivity contribution in [3.05, 3.63) is 5.69 Å². The van der Waals surface area contributed by atoms with Gasteiger partial charge in [-0.1, -0.05) is 4.49 Å². The van der Waals surface area contributed by atoms with Crippen molar-refractivity contribution in [3.8, 4) is 0 Å². The first-order valence-corrected chi connectivity index (χ1v) is 6.07. The number of carboxylic acids is 1. The molecule has 2 rings (SSSR count). The van der Waals surface area contributed by atoms with Gasteiger partial charge in [0.25, 0.3) is 0 Å². The first kappa shape index (κ1) is 11.8. The average molecular weight is 256 g/mol. The summed E-state index contributed by atoms with van der Waals surface area (Å²) < 4.78 is 3.52. The van der Waals surface area contributed by atoms with Gasteiger partial charge >= 0.3 is 12.0 Å². The van der Waals surface area contributed by atoms with Crippen molar-refractivity contribution in [2.24, 2.45) is 0 Å². The van der Waals surface area contributed by atoms with E-state index in [9.17, 15) is 9.59 Å². The smallest absolute Gasteiger partial charge is 0.359 e. The number of hydrogen-bond donors (Lipinski definition) is 2. The SMILES string of the molecule is O=C(O)c1nnsc1NC(=O)N1CCCCC1. The Labute approximate surface area is 102 Å². The Kier molecular flexibility index (Phi) is 3.52. The van der Waals surface area contributed by atoms with E-state index in [1.807, 2.05) is 0 Å². The maximum absolute atomic E-state index is 11.8. The van der Waals surface area contributed by atoms with Crippen LogP contribution in [-0.4, -0.2) is 44.7 Å². The van der Waals surface area contributed by atoms with Gasteiger partial charge in [-0.25, -0.2) is 9.59 Å². The Hall–Kier alpha value is -1.70. The fraction of sp³-hybridized carbons (Fsp3) is 0.556. The summed E-state index contributed by atoms with van der Waals surface area (Å²) in [6.07, 6.45) is 3.10. The van der Waals surface area contributed by atoms with E-state index in [4.69, 9.17) is 5.11 Å². The number of piperidine rings is 1. The number of nitrogens with zero attached hydrogens (tertiary/aromatic N) is 3. The van der Waals surface area contributed by atoms with E-state index in [0.29, 0.717) is 13.1 Å². The molecule has 0 spiro atoms. The predicted molar refractivity (Wildman–Crippen MR) is 61.3 cm³/mol. The molecule has 0 bridgehead atoms. The van der Waals surface area contributed by atoms with Gasteiger partial charge in [-0.05, 0) is 19.3 Å². The zero-order chi connectivity index (χ0) is 12.3. The molecule has 92 valence electrons. The number of amides is 2. The Balaban J connectivity index is 2.02. The number of nitrogens with one attached hydrogen (secondary N) is 1. The molecule has 1 saturated heterocycles. The number of urea groups is 1. The molecular formula is C9H12N4O3S. The molecule has 1 fully saturated rings. The van der Waals surface area contributed by atoms with Crippen LogP contribution in [0.3, 0.4) is 0 Å². The van der Waals surface area contributed by atoms with Crippen LogP contribution >= 0.6 is 11.5 Å².